The van der Waals surface area contributed by atoms with E-state index in [-0.39, 0.29) is 30.7 Å². The number of hydrogen-bond acceptors (Lipinski definition) is 7. The van der Waals surface area contributed by atoms with Crippen molar-refractivity contribution in [2.75, 3.05) is 25.1 Å². The number of nitrogens with two attached hydrogens (primary N) is 1. The minimum absolute atomic E-state index is 0.0111. The van der Waals surface area contributed by atoms with Crippen molar-refractivity contribution in [1.29, 1.82) is 0 Å². The molecule has 0 aromatic heterocycles. The maximum atomic E-state index is 12.8. The van der Waals surface area contributed by atoms with Gasteiger partial charge >= 0.3 is 0 Å². The fraction of sp³-hybridized carbons (Fsp3) is 0.417. The lowest BCUT2D eigenvalue weighted by Gasteiger charge is -2.31. The minimum atomic E-state index is -0.318. The molecule has 1 fully saturated rings. The molecule has 176 valence electrons. The summed E-state index contributed by atoms with van der Waals surface area (Å²) < 4.78 is 5.52. The highest BCUT2D eigenvalue weighted by Gasteiger charge is 2.40. The molecule has 2 aromatic rings. The van der Waals surface area contributed by atoms with Crippen molar-refractivity contribution in [3.8, 4) is 5.75 Å². The fourth-order valence-corrected chi connectivity index (χ4v) is 4.47. The third-order valence-electron chi connectivity index (χ3n) is 6.02. The Morgan fingerprint density at radius 3 is 2.73 bits per heavy atom. The number of rotatable bonds is 8. The summed E-state index contributed by atoms with van der Waals surface area (Å²) in [6, 6.07) is 13.3. The van der Waals surface area contributed by atoms with Crippen LogP contribution in [0.2, 0.25) is 5.02 Å². The van der Waals surface area contributed by atoms with Gasteiger partial charge in [-0.2, -0.15) is 0 Å². The van der Waals surface area contributed by atoms with Gasteiger partial charge in [0.2, 0.25) is 5.91 Å². The highest BCUT2D eigenvalue weighted by atomic mass is 35.5. The molecule has 8 nitrogen and oxygen atoms in total. The van der Waals surface area contributed by atoms with Gasteiger partial charge in [0.25, 0.3) is 0 Å². The van der Waals surface area contributed by atoms with Crippen molar-refractivity contribution in [2.24, 2.45) is 10.7 Å². The van der Waals surface area contributed by atoms with Gasteiger partial charge in [-0.15, -0.1) is 0 Å². The Morgan fingerprint density at radius 2 is 2.00 bits per heavy atom. The first-order valence-corrected chi connectivity index (χ1v) is 11.7. The van der Waals surface area contributed by atoms with Crippen LogP contribution in [0.25, 0.3) is 0 Å². The summed E-state index contributed by atoms with van der Waals surface area (Å²) in [4.78, 5) is 20.2. The summed E-state index contributed by atoms with van der Waals surface area (Å²) in [6.07, 6.45) is 1.83. The van der Waals surface area contributed by atoms with E-state index in [1.807, 2.05) is 42.5 Å². The number of aliphatic imine (C=N–C) groups is 1. The number of amides is 1. The zero-order valence-corrected chi connectivity index (χ0v) is 19.7. The van der Waals surface area contributed by atoms with E-state index in [1.54, 1.807) is 7.11 Å². The Labute approximate surface area is 199 Å². The van der Waals surface area contributed by atoms with Crippen molar-refractivity contribution >= 4 is 28.9 Å². The summed E-state index contributed by atoms with van der Waals surface area (Å²) in [7, 11) is 1.65. The monoisotopic (exact) mass is 470 g/mol. The number of benzene rings is 2. The number of carbonyl (C=O) groups excluding carboxylic acids is 1. The lowest BCUT2D eigenvalue weighted by molar-refractivity contribution is -0.121. The lowest BCUT2D eigenvalue weighted by atomic mass is 9.99. The number of ether oxygens (including phenoxy) is 1. The topological polar surface area (TPSA) is 104 Å². The van der Waals surface area contributed by atoms with Crippen LogP contribution in [0, 0.1) is 0 Å². The Balaban J connectivity index is 1.74. The van der Waals surface area contributed by atoms with Crippen LogP contribution < -0.4 is 31.5 Å². The van der Waals surface area contributed by atoms with Crippen molar-refractivity contribution in [1.82, 2.24) is 16.2 Å². The van der Waals surface area contributed by atoms with Crippen molar-refractivity contribution in [3.05, 3.63) is 58.6 Å². The first-order valence-electron chi connectivity index (χ1n) is 11.3. The van der Waals surface area contributed by atoms with Crippen LogP contribution in [0.3, 0.4) is 0 Å². The average molecular weight is 471 g/mol. The SMILES string of the molecule is COc1ccc2c(c1)C(c1ccc(Cl)cc1)=N[C@@H](CC(=O)NCCCCN)C1NNC(C)N21. The largest absolute Gasteiger partial charge is 0.497 e. The molecule has 2 unspecified atom stereocenters. The molecule has 9 heteroatoms. The number of hydrogen-bond donors (Lipinski definition) is 4. The molecule has 2 aromatic carbocycles. The molecule has 0 bridgehead atoms. The Kier molecular flexibility index (Phi) is 7.49. The van der Waals surface area contributed by atoms with Gasteiger partial charge in [-0.25, -0.2) is 10.9 Å². The summed E-state index contributed by atoms with van der Waals surface area (Å²) in [5.41, 5.74) is 15.9. The minimum Gasteiger partial charge on any atom is -0.497 e. The molecule has 2 aliphatic heterocycles. The number of carbonyl (C=O) groups is 1. The van der Waals surface area contributed by atoms with Crippen LogP contribution >= 0.6 is 11.6 Å². The van der Waals surface area contributed by atoms with E-state index >= 15 is 0 Å². The number of methoxy groups -OCH3 is 1. The Hall–Kier alpha value is -2.65. The summed E-state index contributed by atoms with van der Waals surface area (Å²) in [6.45, 7) is 3.32. The van der Waals surface area contributed by atoms with Gasteiger partial charge in [0.05, 0.1) is 31.4 Å². The van der Waals surface area contributed by atoms with E-state index in [0.29, 0.717) is 18.1 Å². The van der Waals surface area contributed by atoms with Crippen LogP contribution in [0.1, 0.15) is 37.3 Å². The first kappa shape index (κ1) is 23.5. The van der Waals surface area contributed by atoms with E-state index in [4.69, 9.17) is 27.1 Å². The molecule has 5 N–H and O–H groups in total. The number of halogens is 1. The third kappa shape index (κ3) is 5.14. The first-order chi connectivity index (χ1) is 16.0. The Bertz CT molecular complexity index is 1010. The quantitative estimate of drug-likeness (QED) is 0.442. The summed E-state index contributed by atoms with van der Waals surface area (Å²) >= 11 is 6.15. The zero-order chi connectivity index (χ0) is 23.4. The Morgan fingerprint density at radius 1 is 1.21 bits per heavy atom. The number of hydrazine groups is 1. The predicted octanol–water partition coefficient (Wildman–Crippen LogP) is 2.40. The van der Waals surface area contributed by atoms with Gasteiger partial charge in [-0.3, -0.25) is 9.79 Å². The van der Waals surface area contributed by atoms with Crippen LogP contribution in [0.5, 0.6) is 5.75 Å². The standard InChI is InChI=1S/C24H31ClN6O2/c1-15-29-30-24-20(14-22(32)27-12-4-3-11-26)28-23(16-5-7-17(25)8-6-16)19-13-18(33-2)9-10-21(19)31(15)24/h5-10,13,15,20,24,29-30H,3-4,11-12,14,26H2,1-2H3,(H,27,32)/t15?,20-,24?/m0/s1. The zero-order valence-electron chi connectivity index (χ0n) is 19.0. The maximum Gasteiger partial charge on any atom is 0.222 e. The lowest BCUT2D eigenvalue weighted by Crippen LogP contribution is -2.47. The van der Waals surface area contributed by atoms with Gasteiger partial charge in [0.1, 0.15) is 11.9 Å². The van der Waals surface area contributed by atoms with Crippen LogP contribution in [0.15, 0.2) is 47.5 Å². The molecule has 2 aliphatic rings. The molecule has 0 saturated carbocycles. The molecule has 33 heavy (non-hydrogen) atoms. The van der Waals surface area contributed by atoms with Crippen molar-refractivity contribution in [2.45, 2.75) is 44.6 Å². The normalized spacial score (nSPS) is 21.6. The number of unbranched alkanes of at least 4 members (excludes halogenated alkanes) is 1. The van der Waals surface area contributed by atoms with Gasteiger partial charge in [0, 0.05) is 28.4 Å². The second-order valence-electron chi connectivity index (χ2n) is 8.30. The van der Waals surface area contributed by atoms with Crippen molar-refractivity contribution < 1.29 is 9.53 Å². The van der Waals surface area contributed by atoms with Gasteiger partial charge < -0.3 is 20.7 Å². The molecule has 1 saturated heterocycles. The molecule has 3 atom stereocenters. The van der Waals surface area contributed by atoms with E-state index in [2.05, 4.69) is 28.0 Å². The van der Waals surface area contributed by atoms with Crippen molar-refractivity contribution in [3.63, 3.8) is 0 Å². The molecule has 4 rings (SSSR count). The predicted molar refractivity (Wildman–Crippen MR) is 132 cm³/mol. The average Bonchev–Trinajstić information content (AvgIpc) is 3.14. The molecule has 0 aliphatic carbocycles. The van der Waals surface area contributed by atoms with E-state index in [9.17, 15) is 4.79 Å². The molecule has 2 heterocycles. The number of anilines is 1. The van der Waals surface area contributed by atoms with Crippen LogP contribution in [-0.2, 0) is 4.79 Å². The summed E-state index contributed by atoms with van der Waals surface area (Å²) in [5.74, 6) is 0.719. The molecule has 0 radical (unpaired) electrons. The van der Waals surface area contributed by atoms with E-state index < -0.39 is 0 Å². The summed E-state index contributed by atoms with van der Waals surface area (Å²) in [5, 5.41) is 3.67. The second kappa shape index (κ2) is 10.5. The van der Waals surface area contributed by atoms with Crippen LogP contribution in [0.4, 0.5) is 5.69 Å². The van der Waals surface area contributed by atoms with Crippen LogP contribution in [-0.4, -0.2) is 50.2 Å². The number of nitrogens with zero attached hydrogens (tertiary/aromatic N) is 2. The molecule has 0 spiro atoms. The van der Waals surface area contributed by atoms with Gasteiger partial charge in [-0.05, 0) is 56.6 Å². The van der Waals surface area contributed by atoms with Gasteiger partial charge in [0.15, 0.2) is 0 Å². The smallest absolute Gasteiger partial charge is 0.222 e. The fourth-order valence-electron chi connectivity index (χ4n) is 4.34. The second-order valence-corrected chi connectivity index (χ2v) is 8.74. The van der Waals surface area contributed by atoms with Gasteiger partial charge in [-0.1, -0.05) is 23.7 Å². The molecular weight excluding hydrogens is 440 g/mol. The third-order valence-corrected chi connectivity index (χ3v) is 6.27. The molecular formula is C24H31ClN6O2. The number of fused-ring (bicyclic) bond motifs is 3. The molecule has 1 amide bonds. The maximum absolute atomic E-state index is 12.8. The number of nitrogens with one attached hydrogen (secondary N) is 3. The highest BCUT2D eigenvalue weighted by molar-refractivity contribution is 6.30. The highest BCUT2D eigenvalue weighted by Crippen LogP contribution is 2.36. The van der Waals surface area contributed by atoms with E-state index in [1.165, 1.54) is 0 Å². The van der Waals surface area contributed by atoms with E-state index in [0.717, 1.165) is 41.1 Å².